The summed E-state index contributed by atoms with van der Waals surface area (Å²) in [6, 6.07) is 0. The molecule has 0 spiro atoms. The quantitative estimate of drug-likeness (QED) is 0.441. The molecule has 106 valence electrons. The van der Waals surface area contributed by atoms with E-state index >= 15 is 0 Å². The first-order valence-electron chi connectivity index (χ1n) is 6.81. The van der Waals surface area contributed by atoms with Crippen LogP contribution in [0, 0.1) is 6.92 Å². The van der Waals surface area contributed by atoms with Crippen LogP contribution in [-0.2, 0) is 4.74 Å². The Morgan fingerprint density at radius 1 is 1.42 bits per heavy atom. The molecule has 1 saturated carbocycles. The molecule has 0 radical (unpaired) electrons. The summed E-state index contributed by atoms with van der Waals surface area (Å²) in [6.07, 6.45) is 2.35. The van der Waals surface area contributed by atoms with Crippen LogP contribution in [0.3, 0.4) is 0 Å². The van der Waals surface area contributed by atoms with E-state index in [-0.39, 0.29) is 0 Å². The molecule has 0 saturated heterocycles. The second kappa shape index (κ2) is 6.16. The van der Waals surface area contributed by atoms with Crippen molar-refractivity contribution in [3.05, 3.63) is 11.4 Å². The van der Waals surface area contributed by atoms with Crippen molar-refractivity contribution in [3.63, 3.8) is 0 Å². The van der Waals surface area contributed by atoms with Crippen LogP contribution in [0.25, 0.3) is 0 Å². The van der Waals surface area contributed by atoms with Crippen molar-refractivity contribution >= 4 is 11.6 Å². The fourth-order valence-electron chi connectivity index (χ4n) is 2.01. The molecule has 19 heavy (non-hydrogen) atoms. The number of hydrazine groups is 1. The Balaban J connectivity index is 2.19. The lowest BCUT2D eigenvalue weighted by Gasteiger charge is -2.22. The second-order valence-electron chi connectivity index (χ2n) is 4.92. The highest BCUT2D eigenvalue weighted by Crippen LogP contribution is 2.39. The molecule has 6 nitrogen and oxygen atoms in total. The van der Waals surface area contributed by atoms with Gasteiger partial charge in [-0.05, 0) is 26.7 Å². The van der Waals surface area contributed by atoms with Gasteiger partial charge in [0.05, 0.1) is 6.61 Å². The summed E-state index contributed by atoms with van der Waals surface area (Å²) in [7, 11) is 2.02. The summed E-state index contributed by atoms with van der Waals surface area (Å²) in [6.45, 7) is 6.22. The first-order chi connectivity index (χ1) is 9.17. The average Bonchev–Trinajstić information content (AvgIpc) is 3.23. The van der Waals surface area contributed by atoms with E-state index in [1.54, 1.807) is 0 Å². The second-order valence-corrected chi connectivity index (χ2v) is 4.92. The Morgan fingerprint density at radius 3 is 2.74 bits per heavy atom. The van der Waals surface area contributed by atoms with Crippen molar-refractivity contribution in [1.29, 1.82) is 0 Å². The Hall–Kier alpha value is -1.40. The number of nitrogen functional groups attached to an aromatic ring is 1. The summed E-state index contributed by atoms with van der Waals surface area (Å²) < 4.78 is 5.39. The summed E-state index contributed by atoms with van der Waals surface area (Å²) in [5.74, 6) is 8.61. The zero-order valence-corrected chi connectivity index (χ0v) is 11.9. The molecule has 2 rings (SSSR count). The largest absolute Gasteiger partial charge is 0.380 e. The maximum atomic E-state index is 5.55. The van der Waals surface area contributed by atoms with Crippen LogP contribution in [0.15, 0.2) is 0 Å². The van der Waals surface area contributed by atoms with Crippen molar-refractivity contribution in [3.8, 4) is 0 Å². The number of anilines is 2. The highest BCUT2D eigenvalue weighted by atomic mass is 16.5. The summed E-state index contributed by atoms with van der Waals surface area (Å²) in [5.41, 5.74) is 3.65. The monoisotopic (exact) mass is 265 g/mol. The van der Waals surface area contributed by atoms with E-state index in [0.717, 1.165) is 36.2 Å². The van der Waals surface area contributed by atoms with Gasteiger partial charge in [-0.15, -0.1) is 0 Å². The van der Waals surface area contributed by atoms with Gasteiger partial charge in [0.15, 0.2) is 0 Å². The van der Waals surface area contributed by atoms with Gasteiger partial charge in [0, 0.05) is 31.7 Å². The predicted molar refractivity (Wildman–Crippen MR) is 76.3 cm³/mol. The van der Waals surface area contributed by atoms with Crippen LogP contribution in [-0.4, -0.2) is 36.8 Å². The Kier molecular flexibility index (Phi) is 4.55. The molecule has 0 atom stereocenters. The highest BCUT2D eigenvalue weighted by molar-refractivity contribution is 5.58. The predicted octanol–water partition coefficient (Wildman–Crippen LogP) is 1.42. The molecule has 1 heterocycles. The SMILES string of the molecule is CCOCCN(C)c1nc(C2CC2)nc(NN)c1C. The number of nitrogens with one attached hydrogen (secondary N) is 1. The Bertz CT molecular complexity index is 433. The minimum atomic E-state index is 0.506. The van der Waals surface area contributed by atoms with Gasteiger partial charge in [0.1, 0.15) is 17.5 Å². The third-order valence-electron chi connectivity index (χ3n) is 3.35. The van der Waals surface area contributed by atoms with E-state index in [1.165, 1.54) is 12.8 Å². The number of aromatic nitrogens is 2. The topological polar surface area (TPSA) is 76.3 Å². The molecule has 1 aromatic heterocycles. The lowest BCUT2D eigenvalue weighted by atomic mass is 10.2. The van der Waals surface area contributed by atoms with E-state index in [1.807, 2.05) is 20.9 Å². The van der Waals surface area contributed by atoms with E-state index < -0.39 is 0 Å². The molecular formula is C13H23N5O. The van der Waals surface area contributed by atoms with Gasteiger partial charge in [0.25, 0.3) is 0 Å². The minimum absolute atomic E-state index is 0.506. The minimum Gasteiger partial charge on any atom is -0.380 e. The van der Waals surface area contributed by atoms with Gasteiger partial charge in [-0.2, -0.15) is 0 Å². The molecule has 6 heteroatoms. The van der Waals surface area contributed by atoms with Gasteiger partial charge < -0.3 is 15.1 Å². The number of rotatable bonds is 7. The van der Waals surface area contributed by atoms with Crippen LogP contribution < -0.4 is 16.2 Å². The summed E-state index contributed by atoms with van der Waals surface area (Å²) in [5, 5.41) is 0. The van der Waals surface area contributed by atoms with Crippen molar-refractivity contribution in [2.45, 2.75) is 32.6 Å². The molecule has 0 amide bonds. The van der Waals surface area contributed by atoms with Crippen LogP contribution in [0.5, 0.6) is 0 Å². The van der Waals surface area contributed by atoms with Gasteiger partial charge in [-0.3, -0.25) is 0 Å². The van der Waals surface area contributed by atoms with E-state index in [9.17, 15) is 0 Å². The fourth-order valence-corrected chi connectivity index (χ4v) is 2.01. The molecule has 1 aliphatic rings. The maximum absolute atomic E-state index is 5.55. The number of hydrogen-bond acceptors (Lipinski definition) is 6. The number of ether oxygens (including phenoxy) is 1. The van der Waals surface area contributed by atoms with E-state index in [4.69, 9.17) is 10.6 Å². The normalized spacial score (nSPS) is 14.5. The van der Waals surface area contributed by atoms with Crippen LogP contribution in [0.4, 0.5) is 11.6 Å². The third-order valence-corrected chi connectivity index (χ3v) is 3.35. The van der Waals surface area contributed by atoms with Crippen LogP contribution in [0.2, 0.25) is 0 Å². The zero-order valence-electron chi connectivity index (χ0n) is 11.9. The molecule has 1 aromatic rings. The fraction of sp³-hybridized carbons (Fsp3) is 0.692. The first kappa shape index (κ1) is 14.0. The standard InChI is InChI=1S/C13H23N5O/c1-4-19-8-7-18(3)13-9(2)11(17-14)15-12(16-13)10-5-6-10/h10H,4-8,14H2,1-3H3,(H,15,16,17). The molecule has 1 fully saturated rings. The van der Waals surface area contributed by atoms with Crippen molar-refractivity contribution < 1.29 is 4.74 Å². The van der Waals surface area contributed by atoms with Gasteiger partial charge in [-0.25, -0.2) is 15.8 Å². The van der Waals surface area contributed by atoms with Crippen LogP contribution in [0.1, 0.15) is 37.1 Å². The Labute approximate surface area is 114 Å². The molecular weight excluding hydrogens is 242 g/mol. The molecule has 3 N–H and O–H groups in total. The highest BCUT2D eigenvalue weighted by Gasteiger charge is 2.28. The zero-order chi connectivity index (χ0) is 13.8. The van der Waals surface area contributed by atoms with E-state index in [2.05, 4.69) is 20.3 Å². The maximum Gasteiger partial charge on any atom is 0.148 e. The Morgan fingerprint density at radius 2 is 2.16 bits per heavy atom. The first-order valence-corrected chi connectivity index (χ1v) is 6.81. The smallest absolute Gasteiger partial charge is 0.148 e. The van der Waals surface area contributed by atoms with Crippen molar-refractivity contribution in [1.82, 2.24) is 9.97 Å². The van der Waals surface area contributed by atoms with E-state index in [0.29, 0.717) is 12.5 Å². The molecule has 0 aliphatic heterocycles. The number of hydrogen-bond donors (Lipinski definition) is 2. The van der Waals surface area contributed by atoms with Crippen molar-refractivity contribution in [2.75, 3.05) is 37.1 Å². The number of nitrogens with zero attached hydrogens (tertiary/aromatic N) is 3. The number of nitrogens with two attached hydrogens (primary N) is 1. The average molecular weight is 265 g/mol. The molecule has 0 unspecified atom stereocenters. The third kappa shape index (κ3) is 3.33. The number of likely N-dealkylation sites (N-methyl/N-ethyl adjacent to an activating group) is 1. The van der Waals surface area contributed by atoms with Gasteiger partial charge >= 0.3 is 0 Å². The summed E-state index contributed by atoms with van der Waals surface area (Å²) >= 11 is 0. The lowest BCUT2D eigenvalue weighted by molar-refractivity contribution is 0.154. The van der Waals surface area contributed by atoms with Gasteiger partial charge in [0.2, 0.25) is 0 Å². The molecule has 1 aliphatic carbocycles. The molecule has 0 aromatic carbocycles. The van der Waals surface area contributed by atoms with Crippen molar-refractivity contribution in [2.24, 2.45) is 5.84 Å². The lowest BCUT2D eigenvalue weighted by Crippen LogP contribution is -2.26. The van der Waals surface area contributed by atoms with Crippen LogP contribution >= 0.6 is 0 Å². The summed E-state index contributed by atoms with van der Waals surface area (Å²) in [4.78, 5) is 11.3. The molecule has 0 bridgehead atoms. The van der Waals surface area contributed by atoms with Gasteiger partial charge in [-0.1, -0.05) is 0 Å².